The minimum Gasteiger partial charge on any atom is -0.358 e. The van der Waals surface area contributed by atoms with E-state index in [0.29, 0.717) is 0 Å². The standard InChI is InChI=1S/C17H20N4O3/c22-17(12-19-11-16(18-13-19)21(23)24)20(14-7-3-1-4-8-14)15-9-5-2-6-10-15/h1,3-4,7-8,11,13,15H,2,5-6,9-10,12H2. The lowest BCUT2D eigenvalue weighted by molar-refractivity contribution is -0.389. The number of imidazole rings is 1. The summed E-state index contributed by atoms with van der Waals surface area (Å²) in [7, 11) is 0. The number of carbonyl (C=O) groups is 1. The van der Waals surface area contributed by atoms with Gasteiger partial charge >= 0.3 is 5.82 Å². The normalized spacial score (nSPS) is 15.2. The lowest BCUT2D eigenvalue weighted by Gasteiger charge is -2.34. The van der Waals surface area contributed by atoms with Gasteiger partial charge in [-0.05, 0) is 34.9 Å². The zero-order chi connectivity index (χ0) is 16.9. The molecule has 24 heavy (non-hydrogen) atoms. The minimum absolute atomic E-state index is 0.0479. The summed E-state index contributed by atoms with van der Waals surface area (Å²) < 4.78 is 1.47. The second-order valence-corrected chi connectivity index (χ2v) is 6.05. The maximum Gasteiger partial charge on any atom is 0.381 e. The van der Waals surface area contributed by atoms with Gasteiger partial charge in [-0.25, -0.2) is 0 Å². The van der Waals surface area contributed by atoms with E-state index >= 15 is 0 Å². The number of rotatable bonds is 5. The predicted molar refractivity (Wildman–Crippen MR) is 89.7 cm³/mol. The van der Waals surface area contributed by atoms with Crippen molar-refractivity contribution in [3.63, 3.8) is 0 Å². The Morgan fingerprint density at radius 1 is 1.25 bits per heavy atom. The van der Waals surface area contributed by atoms with Crippen molar-refractivity contribution in [2.75, 3.05) is 4.90 Å². The third kappa shape index (κ3) is 3.61. The van der Waals surface area contributed by atoms with Crippen molar-refractivity contribution >= 4 is 17.4 Å². The molecule has 0 N–H and O–H groups in total. The maximum absolute atomic E-state index is 12.9. The van der Waals surface area contributed by atoms with Crippen molar-refractivity contribution in [1.82, 2.24) is 9.55 Å². The molecular weight excluding hydrogens is 308 g/mol. The summed E-state index contributed by atoms with van der Waals surface area (Å²) in [5.74, 6) is -0.313. The first kappa shape index (κ1) is 16.2. The molecular formula is C17H20N4O3. The molecule has 1 aliphatic carbocycles. The number of nitro groups is 1. The average molecular weight is 328 g/mol. The molecule has 1 aromatic carbocycles. The third-order valence-corrected chi connectivity index (χ3v) is 4.37. The first-order valence-electron chi connectivity index (χ1n) is 8.18. The highest BCUT2D eigenvalue weighted by Gasteiger charge is 2.27. The van der Waals surface area contributed by atoms with Crippen molar-refractivity contribution < 1.29 is 9.72 Å². The van der Waals surface area contributed by atoms with Crippen LogP contribution in [0.2, 0.25) is 0 Å². The second-order valence-electron chi connectivity index (χ2n) is 6.05. The van der Waals surface area contributed by atoms with Gasteiger partial charge in [0, 0.05) is 11.7 Å². The van der Waals surface area contributed by atoms with Gasteiger partial charge in [0.1, 0.15) is 12.7 Å². The number of anilines is 1. The topological polar surface area (TPSA) is 81.3 Å². The molecule has 0 saturated heterocycles. The Balaban J connectivity index is 1.81. The number of nitrogens with zero attached hydrogens (tertiary/aromatic N) is 4. The zero-order valence-corrected chi connectivity index (χ0v) is 13.4. The van der Waals surface area contributed by atoms with Crippen LogP contribution in [0.15, 0.2) is 42.9 Å². The Kier molecular flexibility index (Phi) is 4.88. The molecule has 2 aromatic rings. The number of carbonyl (C=O) groups excluding carboxylic acids is 1. The van der Waals surface area contributed by atoms with Crippen molar-refractivity contribution in [3.05, 3.63) is 53.0 Å². The molecule has 126 valence electrons. The van der Waals surface area contributed by atoms with Crippen molar-refractivity contribution in [2.45, 2.75) is 44.7 Å². The van der Waals surface area contributed by atoms with Crippen LogP contribution in [0.1, 0.15) is 32.1 Å². The van der Waals surface area contributed by atoms with Gasteiger partial charge in [-0.3, -0.25) is 4.79 Å². The molecule has 7 heteroatoms. The molecule has 0 unspecified atom stereocenters. The predicted octanol–water partition coefficient (Wildman–Crippen LogP) is 3.16. The van der Waals surface area contributed by atoms with E-state index in [9.17, 15) is 14.9 Å². The zero-order valence-electron chi connectivity index (χ0n) is 13.4. The Bertz CT molecular complexity index is 708. The number of hydrogen-bond donors (Lipinski definition) is 0. The van der Waals surface area contributed by atoms with Gasteiger partial charge in [-0.1, -0.05) is 37.5 Å². The van der Waals surface area contributed by atoms with E-state index < -0.39 is 4.92 Å². The van der Waals surface area contributed by atoms with E-state index in [1.54, 1.807) is 0 Å². The van der Waals surface area contributed by atoms with Crippen LogP contribution in [0.25, 0.3) is 0 Å². The molecule has 7 nitrogen and oxygen atoms in total. The lowest BCUT2D eigenvalue weighted by atomic mass is 9.93. The highest BCUT2D eigenvalue weighted by Crippen LogP contribution is 2.27. The smallest absolute Gasteiger partial charge is 0.358 e. The first-order valence-corrected chi connectivity index (χ1v) is 8.18. The molecule has 0 spiro atoms. The van der Waals surface area contributed by atoms with Crippen molar-refractivity contribution in [3.8, 4) is 0 Å². The summed E-state index contributed by atoms with van der Waals surface area (Å²) >= 11 is 0. The second kappa shape index (κ2) is 7.25. The number of amides is 1. The van der Waals surface area contributed by atoms with Crippen LogP contribution in [-0.4, -0.2) is 26.4 Å². The van der Waals surface area contributed by atoms with E-state index in [1.165, 1.54) is 23.5 Å². The van der Waals surface area contributed by atoms with Gasteiger partial charge in [-0.15, -0.1) is 0 Å². The molecule has 0 radical (unpaired) electrons. The van der Waals surface area contributed by atoms with Gasteiger partial charge in [-0.2, -0.15) is 0 Å². The van der Waals surface area contributed by atoms with E-state index in [1.807, 2.05) is 35.2 Å². The number of hydrogen-bond acceptors (Lipinski definition) is 4. The Morgan fingerprint density at radius 3 is 2.58 bits per heavy atom. The van der Waals surface area contributed by atoms with Crippen LogP contribution in [0, 0.1) is 10.1 Å². The molecule has 1 aromatic heterocycles. The average Bonchev–Trinajstić information content (AvgIpc) is 3.06. The molecule has 0 bridgehead atoms. The monoisotopic (exact) mass is 328 g/mol. The van der Waals surface area contributed by atoms with E-state index in [2.05, 4.69) is 4.98 Å². The Hall–Kier alpha value is -2.70. The first-order chi connectivity index (χ1) is 11.6. The molecule has 1 heterocycles. The fourth-order valence-corrected chi connectivity index (χ4v) is 3.25. The van der Waals surface area contributed by atoms with Crippen LogP contribution < -0.4 is 4.90 Å². The van der Waals surface area contributed by atoms with Crippen molar-refractivity contribution in [2.24, 2.45) is 0 Å². The largest absolute Gasteiger partial charge is 0.381 e. The lowest BCUT2D eigenvalue weighted by Crippen LogP contribution is -2.43. The quantitative estimate of drug-likeness (QED) is 0.623. The molecule has 3 rings (SSSR count). The van der Waals surface area contributed by atoms with Crippen molar-refractivity contribution in [1.29, 1.82) is 0 Å². The summed E-state index contributed by atoms with van der Waals surface area (Å²) in [6.07, 6.45) is 8.06. The van der Waals surface area contributed by atoms with Gasteiger partial charge in [0.25, 0.3) is 0 Å². The van der Waals surface area contributed by atoms with Gasteiger partial charge in [0.05, 0.1) is 0 Å². The molecule has 1 amide bonds. The summed E-state index contributed by atoms with van der Waals surface area (Å²) in [5.41, 5.74) is 0.879. The highest BCUT2D eigenvalue weighted by molar-refractivity contribution is 5.93. The van der Waals surface area contributed by atoms with Crippen LogP contribution in [0.4, 0.5) is 11.5 Å². The molecule has 0 aliphatic heterocycles. The minimum atomic E-state index is -0.558. The van der Waals surface area contributed by atoms with Gasteiger partial charge in [0.2, 0.25) is 12.2 Å². The van der Waals surface area contributed by atoms with E-state index in [0.717, 1.165) is 31.4 Å². The van der Waals surface area contributed by atoms with Crippen LogP contribution in [0.3, 0.4) is 0 Å². The highest BCUT2D eigenvalue weighted by atomic mass is 16.6. The molecule has 1 aliphatic rings. The summed E-state index contributed by atoms with van der Waals surface area (Å²) in [4.78, 5) is 28.6. The van der Waals surface area contributed by atoms with E-state index in [-0.39, 0.29) is 24.3 Å². The number of aromatic nitrogens is 2. The van der Waals surface area contributed by atoms with Crippen LogP contribution >= 0.6 is 0 Å². The van der Waals surface area contributed by atoms with Gasteiger partial charge in [0.15, 0.2) is 0 Å². The maximum atomic E-state index is 12.9. The van der Waals surface area contributed by atoms with Crippen LogP contribution in [-0.2, 0) is 11.3 Å². The summed E-state index contributed by atoms with van der Waals surface area (Å²) in [6.45, 7) is 0.0479. The number of para-hydroxylation sites is 1. The Morgan fingerprint density at radius 2 is 1.96 bits per heavy atom. The molecule has 1 saturated carbocycles. The summed E-state index contributed by atoms with van der Waals surface area (Å²) in [6, 6.07) is 9.81. The Labute approximate surface area is 140 Å². The summed E-state index contributed by atoms with van der Waals surface area (Å²) in [5, 5.41) is 10.7. The van der Waals surface area contributed by atoms with Crippen LogP contribution in [0.5, 0.6) is 0 Å². The van der Waals surface area contributed by atoms with Gasteiger partial charge < -0.3 is 19.6 Å². The number of benzene rings is 1. The molecule has 0 atom stereocenters. The third-order valence-electron chi connectivity index (χ3n) is 4.37. The molecule has 1 fully saturated rings. The fraction of sp³-hybridized carbons (Fsp3) is 0.412. The van der Waals surface area contributed by atoms with E-state index in [4.69, 9.17) is 0 Å². The fourth-order valence-electron chi connectivity index (χ4n) is 3.25. The SMILES string of the molecule is O=C(Cn1cnc([N+](=O)[O-])c1)N(c1ccccc1)C1CCCCC1.